The number of carbonyl (C=O) groups is 2. The van der Waals surface area contributed by atoms with Crippen LogP contribution in [0.15, 0.2) is 30.3 Å². The van der Waals surface area contributed by atoms with Crippen LogP contribution in [0, 0.1) is 6.92 Å². The number of hydrogen-bond donors (Lipinski definition) is 2. The van der Waals surface area contributed by atoms with Gasteiger partial charge in [-0.05, 0) is 43.7 Å². The number of thiophene rings is 1. The van der Waals surface area contributed by atoms with Gasteiger partial charge in [-0.3, -0.25) is 19.5 Å². The molecule has 1 aliphatic heterocycles. The summed E-state index contributed by atoms with van der Waals surface area (Å²) in [7, 11) is 0. The number of benzene rings is 1. The normalized spacial score (nSPS) is 14.1. The van der Waals surface area contributed by atoms with Crippen LogP contribution < -0.4 is 11.1 Å². The number of aryl methyl sites for hydroxylation is 1. The number of aromatic nitrogens is 1. The molecule has 0 unspecified atom stereocenters. The van der Waals surface area contributed by atoms with Gasteiger partial charge in [-0.2, -0.15) is 0 Å². The number of nitrogens with one attached hydrogen (secondary N) is 1. The van der Waals surface area contributed by atoms with Crippen LogP contribution in [0.4, 0.5) is 5.00 Å². The Morgan fingerprint density at radius 2 is 2.07 bits per heavy atom. The Morgan fingerprint density at radius 1 is 1.29 bits per heavy atom. The van der Waals surface area contributed by atoms with E-state index in [1.165, 1.54) is 11.3 Å². The second-order valence-corrected chi connectivity index (χ2v) is 8.11. The summed E-state index contributed by atoms with van der Waals surface area (Å²) in [5, 5.41) is 4.43. The van der Waals surface area contributed by atoms with Crippen molar-refractivity contribution >= 4 is 39.1 Å². The molecule has 4 rings (SSSR count). The first kappa shape index (κ1) is 18.6. The van der Waals surface area contributed by atoms with Gasteiger partial charge in [-0.25, -0.2) is 0 Å². The predicted molar refractivity (Wildman–Crippen MR) is 112 cm³/mol. The molecule has 0 fully saturated rings. The number of amides is 2. The lowest BCUT2D eigenvalue weighted by molar-refractivity contribution is 0.1000. The predicted octanol–water partition coefficient (Wildman–Crippen LogP) is 3.33. The number of likely N-dealkylation sites (N-methyl/N-ethyl adjacent to an activating group) is 1. The molecule has 1 aromatic carbocycles. The molecular weight excluding hydrogens is 372 g/mol. The molecule has 144 valence electrons. The van der Waals surface area contributed by atoms with E-state index in [2.05, 4.69) is 22.1 Å². The fourth-order valence-corrected chi connectivity index (χ4v) is 4.90. The Kier molecular flexibility index (Phi) is 4.87. The maximum atomic E-state index is 12.9. The fourth-order valence-electron chi connectivity index (χ4n) is 3.61. The topological polar surface area (TPSA) is 88.3 Å². The van der Waals surface area contributed by atoms with E-state index >= 15 is 0 Å². The zero-order chi connectivity index (χ0) is 19.8. The number of anilines is 1. The second kappa shape index (κ2) is 7.33. The van der Waals surface area contributed by atoms with Crippen LogP contribution in [0.1, 0.15) is 43.8 Å². The van der Waals surface area contributed by atoms with E-state index < -0.39 is 5.91 Å². The minimum Gasteiger partial charge on any atom is -0.365 e. The highest BCUT2D eigenvalue weighted by Gasteiger charge is 2.27. The Bertz CT molecular complexity index is 1090. The van der Waals surface area contributed by atoms with Gasteiger partial charge in [0.25, 0.3) is 11.8 Å². The van der Waals surface area contributed by atoms with Crippen molar-refractivity contribution in [3.63, 3.8) is 0 Å². The van der Waals surface area contributed by atoms with Crippen LogP contribution in [-0.2, 0) is 13.0 Å². The van der Waals surface area contributed by atoms with Gasteiger partial charge in [0.05, 0.1) is 11.1 Å². The fraction of sp³-hybridized carbons (Fsp3) is 0.286. The maximum absolute atomic E-state index is 12.9. The monoisotopic (exact) mass is 394 g/mol. The highest BCUT2D eigenvalue weighted by molar-refractivity contribution is 7.17. The maximum Gasteiger partial charge on any atom is 0.256 e. The number of fused-ring (bicyclic) bond motifs is 2. The SMILES string of the molecule is CCN1CCc2c(sc(NC(=O)c3ccc4ccc(C)nc4c3)c2C(N)=O)C1. The molecule has 0 bridgehead atoms. The minimum absolute atomic E-state index is 0.265. The molecule has 0 saturated carbocycles. The van der Waals surface area contributed by atoms with Crippen LogP contribution in [0.25, 0.3) is 10.9 Å². The quantitative estimate of drug-likeness (QED) is 0.710. The molecule has 0 radical (unpaired) electrons. The summed E-state index contributed by atoms with van der Waals surface area (Å²) in [4.78, 5) is 32.8. The van der Waals surface area contributed by atoms with Crippen molar-refractivity contribution in [1.29, 1.82) is 0 Å². The summed E-state index contributed by atoms with van der Waals surface area (Å²) in [5.74, 6) is -0.757. The van der Waals surface area contributed by atoms with E-state index in [4.69, 9.17) is 5.73 Å². The third-order valence-electron chi connectivity index (χ3n) is 5.15. The summed E-state index contributed by atoms with van der Waals surface area (Å²) in [6.07, 6.45) is 0.771. The Hall–Kier alpha value is -2.77. The smallest absolute Gasteiger partial charge is 0.256 e. The first-order valence-electron chi connectivity index (χ1n) is 9.31. The van der Waals surface area contributed by atoms with Gasteiger partial charge in [-0.15, -0.1) is 11.3 Å². The number of rotatable bonds is 4. The van der Waals surface area contributed by atoms with Crippen molar-refractivity contribution in [3.05, 3.63) is 57.6 Å². The van der Waals surface area contributed by atoms with Gasteiger partial charge in [0.2, 0.25) is 0 Å². The van der Waals surface area contributed by atoms with Crippen molar-refractivity contribution < 1.29 is 9.59 Å². The molecule has 2 amide bonds. The summed E-state index contributed by atoms with van der Waals surface area (Å²) < 4.78 is 0. The van der Waals surface area contributed by atoms with Gasteiger partial charge in [-0.1, -0.05) is 19.1 Å². The zero-order valence-corrected chi connectivity index (χ0v) is 16.7. The van der Waals surface area contributed by atoms with Gasteiger partial charge < -0.3 is 11.1 Å². The summed E-state index contributed by atoms with van der Waals surface area (Å²) >= 11 is 1.45. The summed E-state index contributed by atoms with van der Waals surface area (Å²) in [6.45, 7) is 6.66. The average Bonchev–Trinajstić information content (AvgIpc) is 3.04. The van der Waals surface area contributed by atoms with Crippen LogP contribution in [-0.4, -0.2) is 34.8 Å². The Morgan fingerprint density at radius 3 is 2.82 bits per heavy atom. The van der Waals surface area contributed by atoms with Gasteiger partial charge in [0, 0.05) is 34.6 Å². The van der Waals surface area contributed by atoms with E-state index in [0.717, 1.165) is 53.1 Å². The molecule has 0 saturated heterocycles. The van der Waals surface area contributed by atoms with Crippen LogP contribution >= 0.6 is 11.3 Å². The van der Waals surface area contributed by atoms with E-state index in [9.17, 15) is 9.59 Å². The molecule has 3 N–H and O–H groups in total. The van der Waals surface area contributed by atoms with E-state index in [0.29, 0.717) is 16.1 Å². The number of carbonyl (C=O) groups excluding carboxylic acids is 2. The summed E-state index contributed by atoms with van der Waals surface area (Å²) in [5.41, 5.74) is 9.25. The molecule has 0 aliphatic carbocycles. The second-order valence-electron chi connectivity index (χ2n) is 7.01. The highest BCUT2D eigenvalue weighted by atomic mass is 32.1. The van der Waals surface area contributed by atoms with Crippen LogP contribution in [0.5, 0.6) is 0 Å². The molecule has 6 nitrogen and oxygen atoms in total. The van der Waals surface area contributed by atoms with Crippen molar-refractivity contribution in [1.82, 2.24) is 9.88 Å². The molecule has 7 heteroatoms. The lowest BCUT2D eigenvalue weighted by Gasteiger charge is -2.25. The molecule has 28 heavy (non-hydrogen) atoms. The molecule has 3 heterocycles. The Labute approximate surface area is 167 Å². The van der Waals surface area contributed by atoms with Gasteiger partial charge in [0.1, 0.15) is 5.00 Å². The molecule has 0 spiro atoms. The molecular formula is C21H22N4O2S. The van der Waals surface area contributed by atoms with E-state index in [-0.39, 0.29) is 5.91 Å². The molecule has 2 aromatic heterocycles. The molecule has 0 atom stereocenters. The number of pyridine rings is 1. The van der Waals surface area contributed by atoms with Crippen molar-refractivity contribution in [2.45, 2.75) is 26.8 Å². The third kappa shape index (κ3) is 3.39. The number of hydrogen-bond acceptors (Lipinski definition) is 5. The van der Waals surface area contributed by atoms with Crippen molar-refractivity contribution in [2.75, 3.05) is 18.4 Å². The van der Waals surface area contributed by atoms with E-state index in [1.54, 1.807) is 12.1 Å². The van der Waals surface area contributed by atoms with Gasteiger partial charge in [0.15, 0.2) is 0 Å². The average molecular weight is 395 g/mol. The first-order chi connectivity index (χ1) is 13.5. The minimum atomic E-state index is -0.492. The molecule has 3 aromatic rings. The van der Waals surface area contributed by atoms with Gasteiger partial charge >= 0.3 is 0 Å². The lowest BCUT2D eigenvalue weighted by atomic mass is 10.0. The first-order valence-corrected chi connectivity index (χ1v) is 10.1. The van der Waals surface area contributed by atoms with E-state index in [1.807, 2.05) is 25.1 Å². The van der Waals surface area contributed by atoms with Crippen molar-refractivity contribution in [3.8, 4) is 0 Å². The lowest BCUT2D eigenvalue weighted by Crippen LogP contribution is -2.30. The third-order valence-corrected chi connectivity index (χ3v) is 6.28. The van der Waals surface area contributed by atoms with Crippen LogP contribution in [0.2, 0.25) is 0 Å². The zero-order valence-electron chi connectivity index (χ0n) is 15.9. The largest absolute Gasteiger partial charge is 0.365 e. The van der Waals surface area contributed by atoms with Crippen molar-refractivity contribution in [2.24, 2.45) is 5.73 Å². The standard InChI is InChI=1S/C21H22N4O2S/c1-3-25-9-8-15-17(11-25)28-21(18(15)19(22)26)24-20(27)14-7-6-13-5-4-12(2)23-16(13)10-14/h4-7,10H,3,8-9,11H2,1-2H3,(H2,22,26)(H,24,27). The summed E-state index contributed by atoms with van der Waals surface area (Å²) in [6, 6.07) is 9.34. The number of primary amides is 1. The number of nitrogens with zero attached hydrogens (tertiary/aromatic N) is 2. The number of nitrogens with two attached hydrogens (primary N) is 1. The van der Waals surface area contributed by atoms with Crippen LogP contribution in [0.3, 0.4) is 0 Å². The highest BCUT2D eigenvalue weighted by Crippen LogP contribution is 2.37. The Balaban J connectivity index is 1.66. The molecule has 1 aliphatic rings.